The Kier molecular flexibility index (Phi) is 7.07. The summed E-state index contributed by atoms with van der Waals surface area (Å²) in [5, 5.41) is 27.3. The summed E-state index contributed by atoms with van der Waals surface area (Å²) in [6, 6.07) is 14.6. The maximum absolute atomic E-state index is 11.5. The highest BCUT2D eigenvalue weighted by Gasteiger charge is 2.25. The second-order valence-electron chi connectivity index (χ2n) is 8.16. The lowest BCUT2D eigenvalue weighted by molar-refractivity contribution is 0.375. The Morgan fingerprint density at radius 1 is 0.711 bits per heavy atom. The van der Waals surface area contributed by atoms with Crippen LogP contribution in [0.4, 0.5) is 34.1 Å². The van der Waals surface area contributed by atoms with Crippen molar-refractivity contribution in [2.75, 3.05) is 11.5 Å². The number of nitrogens with two attached hydrogens (primary N) is 2. The first-order chi connectivity index (χ1) is 17.7. The van der Waals surface area contributed by atoms with Gasteiger partial charge in [0.2, 0.25) is 0 Å². The Morgan fingerprint density at radius 2 is 1.34 bits per heavy atom. The number of anilines is 2. The molecular weight excluding hydrogens is 536 g/mol. The normalized spacial score (nSPS) is 13.1. The third-order valence-electron chi connectivity index (χ3n) is 5.34. The van der Waals surface area contributed by atoms with E-state index in [9.17, 15) is 31.7 Å². The van der Waals surface area contributed by atoms with Gasteiger partial charge in [-0.25, -0.2) is 0 Å². The van der Waals surface area contributed by atoms with Gasteiger partial charge in [-0.2, -0.15) is 18.6 Å². The Balaban J connectivity index is 1.80. The molecule has 0 atom stereocenters. The molecule has 4 aromatic carbocycles. The molecule has 198 valence electrons. The maximum atomic E-state index is 11.5. The SMILES string of the molecule is Cc1ccc(N=Nc2c(S(O)(O)O)cc3ccc(N=Nc4cc(S(=O)(=O)O)c(N)cc4N)cc3c2O)cc1. The van der Waals surface area contributed by atoms with E-state index in [0.717, 1.165) is 17.7 Å². The highest BCUT2D eigenvalue weighted by molar-refractivity contribution is 8.19. The van der Waals surface area contributed by atoms with Gasteiger partial charge in [-0.3, -0.25) is 4.55 Å². The first-order valence-electron chi connectivity index (χ1n) is 10.6. The third-order valence-corrected chi connectivity index (χ3v) is 7.15. The molecule has 9 N–H and O–H groups in total. The van der Waals surface area contributed by atoms with E-state index in [2.05, 4.69) is 20.5 Å². The number of aromatic hydroxyl groups is 1. The Bertz CT molecular complexity index is 1720. The molecule has 4 aromatic rings. The number of nitrogen functional groups attached to an aromatic ring is 2. The molecule has 0 heterocycles. The number of fused-ring (bicyclic) bond motifs is 1. The zero-order chi connectivity index (χ0) is 27.8. The van der Waals surface area contributed by atoms with E-state index in [0.29, 0.717) is 11.1 Å². The summed E-state index contributed by atoms with van der Waals surface area (Å²) in [6.07, 6.45) is 0. The topological polar surface area (TPSA) is 237 Å². The summed E-state index contributed by atoms with van der Waals surface area (Å²) in [6.45, 7) is 1.89. The molecule has 0 aromatic heterocycles. The summed E-state index contributed by atoms with van der Waals surface area (Å²) in [4.78, 5) is -1.02. The minimum atomic E-state index is -4.63. The van der Waals surface area contributed by atoms with Crippen LogP contribution >= 0.6 is 10.9 Å². The van der Waals surface area contributed by atoms with Crippen LogP contribution in [0.25, 0.3) is 10.8 Å². The van der Waals surface area contributed by atoms with Crippen molar-refractivity contribution in [1.29, 1.82) is 0 Å². The number of nitrogens with zero attached hydrogens (tertiary/aromatic N) is 4. The standard InChI is InChI=1S/C23H22N6O7S2/c1-12-2-5-14(6-3-12)26-29-22-21(38(34,35)36)8-13-4-7-15(9-16(13)23(22)30)27-28-19-11-20(37(31,32)33)18(25)10-17(19)24/h2-11,30,34-36H,24-25H2,1H3,(H,31,32,33). The fourth-order valence-corrected chi connectivity index (χ4v) is 4.74. The van der Waals surface area contributed by atoms with Crippen molar-refractivity contribution in [3.05, 3.63) is 66.2 Å². The third kappa shape index (κ3) is 5.72. The van der Waals surface area contributed by atoms with Gasteiger partial charge in [-0.15, -0.1) is 10.2 Å². The van der Waals surface area contributed by atoms with Crippen LogP contribution in [0.1, 0.15) is 5.56 Å². The lowest BCUT2D eigenvalue weighted by Gasteiger charge is -2.22. The van der Waals surface area contributed by atoms with Gasteiger partial charge in [0.05, 0.1) is 27.6 Å². The van der Waals surface area contributed by atoms with E-state index in [1.54, 1.807) is 24.3 Å². The molecule has 0 amide bonds. The predicted molar refractivity (Wildman–Crippen MR) is 144 cm³/mol. The van der Waals surface area contributed by atoms with Crippen LogP contribution in [0.5, 0.6) is 5.75 Å². The monoisotopic (exact) mass is 558 g/mol. The summed E-state index contributed by atoms with van der Waals surface area (Å²) >= 11 is 0. The van der Waals surface area contributed by atoms with Crippen molar-refractivity contribution in [1.82, 2.24) is 0 Å². The molecule has 15 heteroatoms. The van der Waals surface area contributed by atoms with Gasteiger partial charge in [0, 0.05) is 5.39 Å². The fourth-order valence-electron chi connectivity index (χ4n) is 3.44. The van der Waals surface area contributed by atoms with Crippen LogP contribution in [0.3, 0.4) is 0 Å². The van der Waals surface area contributed by atoms with E-state index >= 15 is 0 Å². The van der Waals surface area contributed by atoms with Crippen LogP contribution < -0.4 is 11.5 Å². The Labute approximate surface area is 218 Å². The fraction of sp³-hybridized carbons (Fsp3) is 0.0435. The molecule has 0 bridgehead atoms. The van der Waals surface area contributed by atoms with Crippen molar-refractivity contribution >= 4 is 65.9 Å². The lowest BCUT2D eigenvalue weighted by Crippen LogP contribution is -2.04. The highest BCUT2D eigenvalue weighted by atomic mass is 32.3. The van der Waals surface area contributed by atoms with Crippen molar-refractivity contribution in [2.24, 2.45) is 20.5 Å². The van der Waals surface area contributed by atoms with Gasteiger partial charge in [0.15, 0.2) is 5.75 Å². The number of benzene rings is 4. The molecule has 0 aliphatic carbocycles. The van der Waals surface area contributed by atoms with E-state index in [-0.39, 0.29) is 33.8 Å². The molecule has 0 saturated heterocycles. The summed E-state index contributed by atoms with van der Waals surface area (Å²) in [7, 11) is -8.92. The first-order valence-corrected chi connectivity index (χ1v) is 13.6. The van der Waals surface area contributed by atoms with Crippen LogP contribution in [-0.4, -0.2) is 31.7 Å². The molecule has 38 heavy (non-hydrogen) atoms. The van der Waals surface area contributed by atoms with Crippen LogP contribution in [-0.2, 0) is 10.1 Å². The maximum Gasteiger partial charge on any atom is 0.296 e. The Hall–Kier alpha value is -4.12. The quantitative estimate of drug-likeness (QED) is 0.0757. The van der Waals surface area contributed by atoms with Crippen LogP contribution in [0.15, 0.2) is 90.9 Å². The number of hydrogen-bond acceptors (Lipinski definition) is 12. The van der Waals surface area contributed by atoms with Gasteiger partial charge in [-0.1, -0.05) is 23.8 Å². The van der Waals surface area contributed by atoms with E-state index in [1.807, 2.05) is 6.92 Å². The molecule has 13 nitrogen and oxygen atoms in total. The van der Waals surface area contributed by atoms with Crippen molar-refractivity contribution in [3.63, 3.8) is 0 Å². The summed E-state index contributed by atoms with van der Waals surface area (Å²) in [5.41, 5.74) is 12.3. The van der Waals surface area contributed by atoms with Crippen LogP contribution in [0, 0.1) is 6.92 Å². The number of rotatable bonds is 6. The van der Waals surface area contributed by atoms with Crippen molar-refractivity contribution in [2.45, 2.75) is 16.7 Å². The van der Waals surface area contributed by atoms with E-state index < -0.39 is 36.5 Å². The molecular formula is C23H22N6O7S2. The zero-order valence-corrected chi connectivity index (χ0v) is 21.2. The van der Waals surface area contributed by atoms with Crippen molar-refractivity contribution in [3.8, 4) is 5.75 Å². The number of aryl methyl sites for hydroxylation is 1. The number of phenols is 1. The van der Waals surface area contributed by atoms with Crippen LogP contribution in [0.2, 0.25) is 0 Å². The average molecular weight is 559 g/mol. The summed E-state index contributed by atoms with van der Waals surface area (Å²) in [5.74, 6) is -0.514. The van der Waals surface area contributed by atoms with E-state index in [4.69, 9.17) is 11.5 Å². The smallest absolute Gasteiger partial charge is 0.296 e. The zero-order valence-electron chi connectivity index (χ0n) is 19.6. The van der Waals surface area contributed by atoms with Gasteiger partial charge in [0.1, 0.15) is 27.1 Å². The lowest BCUT2D eigenvalue weighted by atomic mass is 10.1. The molecule has 4 rings (SSSR count). The molecule has 0 aliphatic rings. The number of azo groups is 2. The van der Waals surface area contributed by atoms with Crippen molar-refractivity contribution < 1.29 is 31.7 Å². The Morgan fingerprint density at radius 3 is 1.97 bits per heavy atom. The van der Waals surface area contributed by atoms with Gasteiger partial charge in [0.25, 0.3) is 10.1 Å². The molecule has 0 fully saturated rings. The summed E-state index contributed by atoms with van der Waals surface area (Å²) < 4.78 is 62.2. The molecule has 0 saturated carbocycles. The molecule has 0 radical (unpaired) electrons. The van der Waals surface area contributed by atoms with E-state index in [1.165, 1.54) is 24.3 Å². The molecule has 0 spiro atoms. The highest BCUT2D eigenvalue weighted by Crippen LogP contribution is 2.54. The number of phenolic OH excluding ortho intramolecular Hbond substituents is 1. The van der Waals surface area contributed by atoms with Gasteiger partial charge >= 0.3 is 0 Å². The molecule has 0 aliphatic heterocycles. The minimum Gasteiger partial charge on any atom is -0.505 e. The average Bonchev–Trinajstić information content (AvgIpc) is 2.82. The number of hydrogen-bond donors (Lipinski definition) is 7. The van der Waals surface area contributed by atoms with Gasteiger partial charge < -0.3 is 30.2 Å². The van der Waals surface area contributed by atoms with Gasteiger partial charge in [-0.05, 0) is 54.8 Å². The second kappa shape index (κ2) is 9.97. The predicted octanol–water partition coefficient (Wildman–Crippen LogP) is 6.68. The first kappa shape index (κ1) is 26.9. The second-order valence-corrected chi connectivity index (χ2v) is 11.0. The molecule has 0 unspecified atom stereocenters. The largest absolute Gasteiger partial charge is 0.505 e. The minimum absolute atomic E-state index is 0.00103.